The highest BCUT2D eigenvalue weighted by atomic mass is 16.5. The van der Waals surface area contributed by atoms with Crippen molar-refractivity contribution >= 4 is 17.6 Å². The van der Waals surface area contributed by atoms with Gasteiger partial charge in [-0.15, -0.1) is 0 Å². The molecule has 5 nitrogen and oxygen atoms in total. The van der Waals surface area contributed by atoms with Crippen LogP contribution in [0, 0.1) is 0 Å². The number of aliphatic carboxylic acids is 1. The molecule has 1 aliphatic heterocycles. The van der Waals surface area contributed by atoms with Crippen LogP contribution in [0.5, 0.6) is 5.75 Å². The Balaban J connectivity index is 2.03. The van der Waals surface area contributed by atoms with E-state index in [1.54, 1.807) is 25.2 Å². The number of amides is 1. The van der Waals surface area contributed by atoms with Crippen LogP contribution in [0.3, 0.4) is 0 Å². The molecule has 1 aliphatic carbocycles. The summed E-state index contributed by atoms with van der Waals surface area (Å²) in [5.74, 6) is -0.289. The molecule has 1 N–H and O–H groups in total. The highest BCUT2D eigenvalue weighted by Gasteiger charge is 2.46. The standard InChI is InChI=1S/C14H15NO4/c1-15-10-4-3-9(7-11(10)19-8-12(15)16)14(13(17)18)5-2-6-14/h3-4,7H,2,5-6,8H2,1H3,(H,17,18). The van der Waals surface area contributed by atoms with Crippen LogP contribution in [0.2, 0.25) is 0 Å². The molecular weight excluding hydrogens is 246 g/mol. The maximum absolute atomic E-state index is 11.5. The van der Waals surface area contributed by atoms with Gasteiger partial charge < -0.3 is 14.7 Å². The van der Waals surface area contributed by atoms with Crippen LogP contribution >= 0.6 is 0 Å². The van der Waals surface area contributed by atoms with Crippen molar-refractivity contribution in [3.63, 3.8) is 0 Å². The molecule has 1 amide bonds. The number of anilines is 1. The molecule has 3 rings (SSSR count). The highest BCUT2D eigenvalue weighted by Crippen LogP contribution is 2.46. The molecule has 1 saturated carbocycles. The summed E-state index contributed by atoms with van der Waals surface area (Å²) in [7, 11) is 1.69. The lowest BCUT2D eigenvalue weighted by Crippen LogP contribution is -2.42. The zero-order valence-electron chi connectivity index (χ0n) is 10.7. The zero-order valence-corrected chi connectivity index (χ0v) is 10.7. The van der Waals surface area contributed by atoms with Crippen molar-refractivity contribution in [2.45, 2.75) is 24.7 Å². The number of hydrogen-bond acceptors (Lipinski definition) is 3. The summed E-state index contributed by atoms with van der Waals surface area (Å²) in [4.78, 5) is 24.5. The number of carbonyl (C=O) groups is 2. The molecule has 1 aromatic carbocycles. The first-order valence-electron chi connectivity index (χ1n) is 6.32. The van der Waals surface area contributed by atoms with Crippen LogP contribution in [-0.2, 0) is 15.0 Å². The molecule has 100 valence electrons. The number of rotatable bonds is 2. The van der Waals surface area contributed by atoms with Gasteiger partial charge in [-0.1, -0.05) is 12.5 Å². The molecule has 0 spiro atoms. The van der Waals surface area contributed by atoms with Gasteiger partial charge in [0.05, 0.1) is 11.1 Å². The number of likely N-dealkylation sites (N-methyl/N-ethyl adjacent to an activating group) is 1. The normalized spacial score (nSPS) is 20.3. The molecule has 19 heavy (non-hydrogen) atoms. The summed E-state index contributed by atoms with van der Waals surface area (Å²) in [6.45, 7) is 0.00697. The first-order valence-corrected chi connectivity index (χ1v) is 6.32. The van der Waals surface area contributed by atoms with Crippen LogP contribution in [0.4, 0.5) is 5.69 Å². The third-order valence-corrected chi connectivity index (χ3v) is 4.22. The van der Waals surface area contributed by atoms with Crippen LogP contribution in [-0.4, -0.2) is 30.6 Å². The Morgan fingerprint density at radius 2 is 2.16 bits per heavy atom. The predicted octanol–water partition coefficient (Wildman–Crippen LogP) is 1.55. The molecule has 2 aliphatic rings. The minimum Gasteiger partial charge on any atom is -0.482 e. The van der Waals surface area contributed by atoms with Gasteiger partial charge in [0, 0.05) is 7.05 Å². The third kappa shape index (κ3) is 1.61. The van der Waals surface area contributed by atoms with Gasteiger partial charge in [-0.2, -0.15) is 0 Å². The van der Waals surface area contributed by atoms with Crippen LogP contribution in [0.25, 0.3) is 0 Å². The summed E-state index contributed by atoms with van der Waals surface area (Å²) in [5.41, 5.74) is 0.700. The fourth-order valence-corrected chi connectivity index (χ4v) is 2.73. The molecule has 1 fully saturated rings. The van der Waals surface area contributed by atoms with Gasteiger partial charge in [0.1, 0.15) is 5.75 Å². The summed E-state index contributed by atoms with van der Waals surface area (Å²) < 4.78 is 5.41. The molecule has 1 aromatic rings. The second-order valence-corrected chi connectivity index (χ2v) is 5.16. The number of fused-ring (bicyclic) bond motifs is 1. The van der Waals surface area contributed by atoms with E-state index in [2.05, 4.69) is 0 Å². The second kappa shape index (κ2) is 3.98. The van der Waals surface area contributed by atoms with E-state index in [4.69, 9.17) is 4.74 Å². The van der Waals surface area contributed by atoms with E-state index in [1.807, 2.05) is 0 Å². The lowest BCUT2D eigenvalue weighted by Gasteiger charge is -2.39. The highest BCUT2D eigenvalue weighted by molar-refractivity contribution is 5.97. The number of carboxylic acids is 1. The molecule has 0 unspecified atom stereocenters. The van der Waals surface area contributed by atoms with Gasteiger partial charge in [0.25, 0.3) is 5.91 Å². The fourth-order valence-electron chi connectivity index (χ4n) is 2.73. The average Bonchev–Trinajstić information content (AvgIpc) is 2.32. The van der Waals surface area contributed by atoms with Crippen molar-refractivity contribution in [3.8, 4) is 5.75 Å². The number of carbonyl (C=O) groups excluding carboxylic acids is 1. The largest absolute Gasteiger partial charge is 0.482 e. The van der Waals surface area contributed by atoms with Crippen molar-refractivity contribution in [2.75, 3.05) is 18.6 Å². The third-order valence-electron chi connectivity index (χ3n) is 4.22. The summed E-state index contributed by atoms with van der Waals surface area (Å²) in [6, 6.07) is 5.33. The van der Waals surface area contributed by atoms with Crippen molar-refractivity contribution in [1.29, 1.82) is 0 Å². The Bertz CT molecular complexity index is 563. The lowest BCUT2D eigenvalue weighted by atomic mass is 9.64. The summed E-state index contributed by atoms with van der Waals surface area (Å²) >= 11 is 0. The monoisotopic (exact) mass is 261 g/mol. The van der Waals surface area contributed by atoms with Crippen LogP contribution in [0.1, 0.15) is 24.8 Å². The van der Waals surface area contributed by atoms with Gasteiger partial charge in [-0.25, -0.2) is 0 Å². The van der Waals surface area contributed by atoms with Crippen molar-refractivity contribution in [3.05, 3.63) is 23.8 Å². The first-order chi connectivity index (χ1) is 9.04. The van der Waals surface area contributed by atoms with Gasteiger partial charge in [0.15, 0.2) is 6.61 Å². The zero-order chi connectivity index (χ0) is 13.6. The summed E-state index contributed by atoms with van der Waals surface area (Å²) in [5, 5.41) is 9.43. The van der Waals surface area contributed by atoms with Gasteiger partial charge >= 0.3 is 5.97 Å². The van der Waals surface area contributed by atoms with E-state index >= 15 is 0 Å². The molecule has 0 atom stereocenters. The number of carboxylic acid groups (broad SMARTS) is 1. The van der Waals surface area contributed by atoms with Crippen molar-refractivity contribution in [2.24, 2.45) is 0 Å². The maximum Gasteiger partial charge on any atom is 0.314 e. The molecular formula is C14H15NO4. The SMILES string of the molecule is CN1C(=O)COc2cc(C3(C(=O)O)CCC3)ccc21. The van der Waals surface area contributed by atoms with Gasteiger partial charge in [0.2, 0.25) is 0 Å². The Hall–Kier alpha value is -2.04. The predicted molar refractivity (Wildman–Crippen MR) is 68.5 cm³/mol. The van der Waals surface area contributed by atoms with Crippen molar-refractivity contribution < 1.29 is 19.4 Å². The van der Waals surface area contributed by atoms with E-state index in [0.29, 0.717) is 24.3 Å². The van der Waals surface area contributed by atoms with Crippen molar-refractivity contribution in [1.82, 2.24) is 0 Å². The Morgan fingerprint density at radius 3 is 2.74 bits per heavy atom. The molecule has 0 saturated heterocycles. The molecule has 0 bridgehead atoms. The second-order valence-electron chi connectivity index (χ2n) is 5.16. The van der Waals surface area contributed by atoms with E-state index in [1.165, 1.54) is 4.90 Å². The Labute approximate surface area is 110 Å². The number of ether oxygens (including phenoxy) is 1. The fraction of sp³-hybridized carbons (Fsp3) is 0.429. The summed E-state index contributed by atoms with van der Waals surface area (Å²) in [6.07, 6.45) is 2.26. The van der Waals surface area contributed by atoms with Gasteiger partial charge in [-0.3, -0.25) is 9.59 Å². The quantitative estimate of drug-likeness (QED) is 0.877. The van der Waals surface area contributed by atoms with E-state index < -0.39 is 11.4 Å². The minimum absolute atomic E-state index is 0.00697. The van der Waals surface area contributed by atoms with Gasteiger partial charge in [-0.05, 0) is 30.5 Å². The smallest absolute Gasteiger partial charge is 0.314 e. The first kappa shape index (κ1) is 12.0. The molecule has 0 radical (unpaired) electrons. The Kier molecular flexibility index (Phi) is 2.52. The average molecular weight is 261 g/mol. The van der Waals surface area contributed by atoms with Crippen LogP contribution < -0.4 is 9.64 Å². The number of benzene rings is 1. The lowest BCUT2D eigenvalue weighted by molar-refractivity contribution is -0.147. The Morgan fingerprint density at radius 1 is 1.42 bits per heavy atom. The topological polar surface area (TPSA) is 66.8 Å². The van der Waals surface area contributed by atoms with E-state index in [9.17, 15) is 14.7 Å². The molecule has 1 heterocycles. The number of hydrogen-bond donors (Lipinski definition) is 1. The number of nitrogens with zero attached hydrogens (tertiary/aromatic N) is 1. The molecule has 5 heteroatoms. The molecule has 0 aromatic heterocycles. The maximum atomic E-state index is 11.5. The minimum atomic E-state index is -0.779. The van der Waals surface area contributed by atoms with E-state index in [0.717, 1.165) is 12.0 Å². The van der Waals surface area contributed by atoms with Crippen LogP contribution in [0.15, 0.2) is 18.2 Å². The van der Waals surface area contributed by atoms with E-state index in [-0.39, 0.29) is 12.5 Å².